The molecule has 0 aliphatic carbocycles. The Morgan fingerprint density at radius 1 is 1.38 bits per heavy atom. The molecule has 1 aromatic rings. The van der Waals surface area contributed by atoms with Crippen LogP contribution in [0.3, 0.4) is 0 Å². The first-order valence-corrected chi connectivity index (χ1v) is 5.49. The van der Waals surface area contributed by atoms with Crippen molar-refractivity contribution in [3.8, 4) is 6.07 Å². The van der Waals surface area contributed by atoms with Crippen molar-refractivity contribution in [1.29, 1.82) is 5.26 Å². The predicted octanol–water partition coefficient (Wildman–Crippen LogP) is 3.08. The summed E-state index contributed by atoms with van der Waals surface area (Å²) in [6.07, 6.45) is 0. The van der Waals surface area contributed by atoms with Crippen molar-refractivity contribution in [2.75, 3.05) is 5.75 Å². The summed E-state index contributed by atoms with van der Waals surface area (Å²) in [6.45, 7) is 1.96. The number of hydrogen-bond donors (Lipinski definition) is 0. The molecule has 0 radical (unpaired) electrons. The lowest BCUT2D eigenvalue weighted by Gasteiger charge is -2.02. The number of benzene rings is 1. The maximum Gasteiger partial charge on any atom is 0.0661 e. The maximum absolute atomic E-state index is 8.57. The highest BCUT2D eigenvalue weighted by molar-refractivity contribution is 7.98. The van der Waals surface area contributed by atoms with Crippen LogP contribution in [0.1, 0.15) is 12.5 Å². The Hall–Kier alpha value is -0.940. The minimum Gasteiger partial charge on any atom is -0.198 e. The van der Waals surface area contributed by atoms with E-state index in [1.165, 1.54) is 5.56 Å². The lowest BCUT2D eigenvalue weighted by Crippen LogP contribution is -1.93. The van der Waals surface area contributed by atoms with Gasteiger partial charge in [-0.1, -0.05) is 30.3 Å². The molecule has 0 heterocycles. The summed E-state index contributed by atoms with van der Waals surface area (Å²) >= 11 is 1.82. The molecular formula is C11H13NS. The van der Waals surface area contributed by atoms with Crippen LogP contribution in [0, 0.1) is 17.2 Å². The zero-order valence-corrected chi connectivity index (χ0v) is 8.55. The Labute approximate surface area is 83.8 Å². The van der Waals surface area contributed by atoms with E-state index in [0.29, 0.717) is 0 Å². The average molecular weight is 191 g/mol. The van der Waals surface area contributed by atoms with Crippen LogP contribution in [0.25, 0.3) is 0 Å². The third-order valence-corrected chi connectivity index (χ3v) is 2.97. The Morgan fingerprint density at radius 2 is 2.08 bits per heavy atom. The van der Waals surface area contributed by atoms with Gasteiger partial charge in [-0.05, 0) is 12.5 Å². The first-order valence-electron chi connectivity index (χ1n) is 4.34. The Morgan fingerprint density at radius 3 is 2.69 bits per heavy atom. The van der Waals surface area contributed by atoms with Crippen LogP contribution < -0.4 is 0 Å². The van der Waals surface area contributed by atoms with Crippen LogP contribution in [0.15, 0.2) is 30.3 Å². The number of nitriles is 1. The van der Waals surface area contributed by atoms with Crippen LogP contribution in [-0.4, -0.2) is 5.75 Å². The summed E-state index contributed by atoms with van der Waals surface area (Å²) in [5.74, 6) is 2.09. The molecule has 1 unspecified atom stereocenters. The van der Waals surface area contributed by atoms with E-state index < -0.39 is 0 Å². The Kier molecular flexibility index (Phi) is 4.42. The van der Waals surface area contributed by atoms with Crippen molar-refractivity contribution in [2.45, 2.75) is 12.7 Å². The molecule has 68 valence electrons. The second kappa shape index (κ2) is 5.66. The molecule has 13 heavy (non-hydrogen) atoms. The largest absolute Gasteiger partial charge is 0.198 e. The van der Waals surface area contributed by atoms with Crippen LogP contribution in [0.5, 0.6) is 0 Å². The van der Waals surface area contributed by atoms with E-state index in [4.69, 9.17) is 5.26 Å². The minimum atomic E-state index is 0.161. The predicted molar refractivity (Wildman–Crippen MR) is 57.4 cm³/mol. The fourth-order valence-electron chi connectivity index (χ4n) is 0.965. The van der Waals surface area contributed by atoms with Gasteiger partial charge in [0.2, 0.25) is 0 Å². The van der Waals surface area contributed by atoms with Gasteiger partial charge in [-0.2, -0.15) is 17.0 Å². The van der Waals surface area contributed by atoms with Crippen LogP contribution in [0.2, 0.25) is 0 Å². The van der Waals surface area contributed by atoms with E-state index in [9.17, 15) is 0 Å². The Bertz CT molecular complexity index is 276. The molecule has 0 aromatic heterocycles. The van der Waals surface area contributed by atoms with Gasteiger partial charge in [0.05, 0.1) is 12.0 Å². The molecule has 0 aliphatic rings. The lowest BCUT2D eigenvalue weighted by molar-refractivity contribution is 0.864. The SMILES string of the molecule is CC(C#N)CSCc1ccccc1. The van der Waals surface area contributed by atoms with Gasteiger partial charge < -0.3 is 0 Å². The van der Waals surface area contributed by atoms with Gasteiger partial charge in [0.25, 0.3) is 0 Å². The molecule has 0 amide bonds. The second-order valence-electron chi connectivity index (χ2n) is 3.03. The van der Waals surface area contributed by atoms with Crippen molar-refractivity contribution in [3.05, 3.63) is 35.9 Å². The average Bonchev–Trinajstić information content (AvgIpc) is 2.19. The lowest BCUT2D eigenvalue weighted by atomic mass is 10.2. The van der Waals surface area contributed by atoms with Gasteiger partial charge in [0, 0.05) is 11.5 Å². The maximum atomic E-state index is 8.57. The zero-order chi connectivity index (χ0) is 9.52. The molecule has 0 N–H and O–H groups in total. The molecule has 0 bridgehead atoms. The monoisotopic (exact) mass is 191 g/mol. The molecule has 1 aromatic carbocycles. The van der Waals surface area contributed by atoms with Crippen LogP contribution in [-0.2, 0) is 5.75 Å². The molecule has 0 fully saturated rings. The van der Waals surface area contributed by atoms with Crippen molar-refractivity contribution in [2.24, 2.45) is 5.92 Å². The standard InChI is InChI=1S/C11H13NS/c1-10(7-12)8-13-9-11-5-3-2-4-6-11/h2-6,10H,8-9H2,1H3. The van der Waals surface area contributed by atoms with Crippen LogP contribution >= 0.6 is 11.8 Å². The molecule has 0 spiro atoms. The second-order valence-corrected chi connectivity index (χ2v) is 4.06. The van der Waals surface area contributed by atoms with Gasteiger partial charge in [0.1, 0.15) is 0 Å². The van der Waals surface area contributed by atoms with Crippen molar-refractivity contribution >= 4 is 11.8 Å². The molecular weight excluding hydrogens is 178 g/mol. The molecule has 0 saturated heterocycles. The quantitative estimate of drug-likeness (QED) is 0.730. The summed E-state index contributed by atoms with van der Waals surface area (Å²) in [7, 11) is 0. The fourth-order valence-corrected chi connectivity index (χ4v) is 1.94. The van der Waals surface area contributed by atoms with Gasteiger partial charge >= 0.3 is 0 Å². The summed E-state index contributed by atoms with van der Waals surface area (Å²) in [5.41, 5.74) is 1.33. The highest BCUT2D eigenvalue weighted by Gasteiger charge is 1.99. The molecule has 1 rings (SSSR count). The third-order valence-electron chi connectivity index (χ3n) is 1.70. The third kappa shape index (κ3) is 4.00. The van der Waals surface area contributed by atoms with Crippen molar-refractivity contribution < 1.29 is 0 Å². The molecule has 1 nitrogen and oxygen atoms in total. The summed E-state index contributed by atoms with van der Waals surface area (Å²) < 4.78 is 0. The van der Waals surface area contributed by atoms with Crippen molar-refractivity contribution in [1.82, 2.24) is 0 Å². The molecule has 1 atom stereocenters. The zero-order valence-electron chi connectivity index (χ0n) is 7.73. The van der Waals surface area contributed by atoms with Gasteiger partial charge in [-0.15, -0.1) is 0 Å². The number of rotatable bonds is 4. The molecule has 2 heteroatoms. The van der Waals surface area contributed by atoms with Gasteiger partial charge in [-0.25, -0.2) is 0 Å². The van der Waals surface area contributed by atoms with E-state index in [2.05, 4.69) is 18.2 Å². The first-order chi connectivity index (χ1) is 6.33. The minimum absolute atomic E-state index is 0.161. The van der Waals surface area contributed by atoms with E-state index in [-0.39, 0.29) is 5.92 Å². The van der Waals surface area contributed by atoms with E-state index in [1.54, 1.807) is 0 Å². The summed E-state index contributed by atoms with van der Waals surface area (Å²) in [4.78, 5) is 0. The summed E-state index contributed by atoms with van der Waals surface area (Å²) in [6, 6.07) is 12.6. The van der Waals surface area contributed by atoms with E-state index in [0.717, 1.165) is 11.5 Å². The smallest absolute Gasteiger partial charge is 0.0661 e. The van der Waals surface area contributed by atoms with Crippen molar-refractivity contribution in [3.63, 3.8) is 0 Å². The fraction of sp³-hybridized carbons (Fsp3) is 0.364. The highest BCUT2D eigenvalue weighted by atomic mass is 32.2. The van der Waals surface area contributed by atoms with Crippen LogP contribution in [0.4, 0.5) is 0 Å². The van der Waals surface area contributed by atoms with E-state index in [1.807, 2.05) is 36.9 Å². The number of hydrogen-bond acceptors (Lipinski definition) is 2. The molecule has 0 saturated carbocycles. The molecule has 0 aliphatic heterocycles. The topological polar surface area (TPSA) is 23.8 Å². The van der Waals surface area contributed by atoms with Gasteiger partial charge in [0.15, 0.2) is 0 Å². The highest BCUT2D eigenvalue weighted by Crippen LogP contribution is 2.14. The van der Waals surface area contributed by atoms with E-state index >= 15 is 0 Å². The normalized spacial score (nSPS) is 12.0. The number of thioether (sulfide) groups is 1. The first kappa shape index (κ1) is 10.1. The summed E-state index contributed by atoms with van der Waals surface area (Å²) in [5, 5.41) is 8.57. The number of nitrogens with zero attached hydrogens (tertiary/aromatic N) is 1. The van der Waals surface area contributed by atoms with Gasteiger partial charge in [-0.3, -0.25) is 0 Å². The Balaban J connectivity index is 2.25.